The Morgan fingerprint density at radius 3 is 2.71 bits per heavy atom. The molecule has 6 rings (SSSR count). The van der Waals surface area contributed by atoms with Crippen molar-refractivity contribution in [2.45, 2.75) is 44.1 Å². The van der Waals surface area contributed by atoms with Crippen LogP contribution in [0.3, 0.4) is 0 Å². The van der Waals surface area contributed by atoms with Gasteiger partial charge in [0.15, 0.2) is 17.5 Å². The van der Waals surface area contributed by atoms with Gasteiger partial charge in [-0.3, -0.25) is 4.79 Å². The van der Waals surface area contributed by atoms with E-state index in [0.717, 1.165) is 6.42 Å². The smallest absolute Gasteiger partial charge is 0.375 e. The lowest BCUT2D eigenvalue weighted by Gasteiger charge is -2.48. The van der Waals surface area contributed by atoms with Crippen LogP contribution >= 0.6 is 0 Å². The molecule has 35 heavy (non-hydrogen) atoms. The van der Waals surface area contributed by atoms with Gasteiger partial charge in [-0.05, 0) is 49.3 Å². The first-order chi connectivity index (χ1) is 16.7. The Balaban J connectivity index is 1.27. The Morgan fingerprint density at radius 2 is 2.00 bits per heavy atom. The van der Waals surface area contributed by atoms with Gasteiger partial charge in [0, 0.05) is 37.2 Å². The van der Waals surface area contributed by atoms with E-state index >= 15 is 0 Å². The summed E-state index contributed by atoms with van der Waals surface area (Å²) >= 11 is 0. The Kier molecular flexibility index (Phi) is 4.71. The van der Waals surface area contributed by atoms with E-state index in [9.17, 15) is 22.4 Å². The predicted octanol–water partition coefficient (Wildman–Crippen LogP) is 3.39. The lowest BCUT2D eigenvalue weighted by molar-refractivity contribution is -0.138. The number of likely N-dealkylation sites (tertiary alicyclic amines) is 1. The molecule has 1 spiro atoms. The number of nitrogens with one attached hydrogen (secondary N) is 2. The van der Waals surface area contributed by atoms with E-state index in [1.165, 1.54) is 0 Å². The Morgan fingerprint density at radius 1 is 1.23 bits per heavy atom. The highest BCUT2D eigenvalue weighted by molar-refractivity contribution is 6.04. The van der Waals surface area contributed by atoms with Crippen LogP contribution in [-0.4, -0.2) is 50.4 Å². The number of pyridine rings is 1. The number of aromatic nitrogens is 3. The first-order valence-electron chi connectivity index (χ1n) is 11.4. The van der Waals surface area contributed by atoms with Crippen LogP contribution in [0.2, 0.25) is 0 Å². The SMILES string of the molecule is CC1C=CC(C(=O)N2CC3CC34CC(Nc3ncc(C(F)(F)F)cc3F)C24)=C(c2ncccn2)N1. The second-order valence-corrected chi connectivity index (χ2v) is 9.70. The maximum absolute atomic E-state index is 14.4. The van der Waals surface area contributed by atoms with E-state index in [0.29, 0.717) is 48.2 Å². The van der Waals surface area contributed by atoms with Crippen LogP contribution < -0.4 is 10.6 Å². The molecule has 2 N–H and O–H groups in total. The zero-order valence-electron chi connectivity index (χ0n) is 18.7. The standard InChI is InChI=1S/C24H22F4N6O/c1-12-3-4-15(18(32-12)21-29-5-2-6-30-21)22(35)34-11-14-8-23(14)9-17(19(23)34)33-20-16(25)7-13(10-31-20)24(26,27)28/h2-7,10,12,14,17,19,32H,8-9,11H2,1H3,(H,31,33). The third-order valence-electron chi connectivity index (χ3n) is 7.57. The molecule has 0 radical (unpaired) electrons. The summed E-state index contributed by atoms with van der Waals surface area (Å²) in [6.07, 6.45) is 4.55. The molecular weight excluding hydrogens is 464 g/mol. The summed E-state index contributed by atoms with van der Waals surface area (Å²) in [6.45, 7) is 2.54. The van der Waals surface area contributed by atoms with Crippen molar-refractivity contribution >= 4 is 17.4 Å². The van der Waals surface area contributed by atoms with Gasteiger partial charge in [-0.2, -0.15) is 13.2 Å². The fourth-order valence-corrected chi connectivity index (χ4v) is 5.86. The number of anilines is 1. The molecular formula is C24H22F4N6O. The minimum atomic E-state index is -4.67. The number of carbonyl (C=O) groups is 1. The van der Waals surface area contributed by atoms with E-state index in [4.69, 9.17) is 0 Å². The molecule has 182 valence electrons. The molecule has 2 saturated carbocycles. The quantitative estimate of drug-likeness (QED) is 0.645. The number of alkyl halides is 3. The molecule has 4 heterocycles. The van der Waals surface area contributed by atoms with E-state index in [1.807, 2.05) is 13.0 Å². The number of dihydropyridines is 1. The van der Waals surface area contributed by atoms with Crippen LogP contribution in [0.5, 0.6) is 0 Å². The van der Waals surface area contributed by atoms with Crippen molar-refractivity contribution in [3.63, 3.8) is 0 Å². The van der Waals surface area contributed by atoms with Crippen molar-refractivity contribution in [1.29, 1.82) is 0 Å². The lowest BCUT2D eigenvalue weighted by Crippen LogP contribution is -2.60. The number of nitrogens with zero attached hydrogens (tertiary/aromatic N) is 4. The zero-order chi connectivity index (χ0) is 24.5. The average Bonchev–Trinajstić information content (AvgIpc) is 3.48. The van der Waals surface area contributed by atoms with E-state index in [-0.39, 0.29) is 35.3 Å². The van der Waals surface area contributed by atoms with Gasteiger partial charge in [0.05, 0.1) is 22.9 Å². The summed E-state index contributed by atoms with van der Waals surface area (Å²) in [5, 5.41) is 6.25. The fraction of sp³-hybridized carbons (Fsp3) is 0.417. The van der Waals surface area contributed by atoms with Gasteiger partial charge in [0.2, 0.25) is 0 Å². The number of rotatable bonds is 4. The molecule has 5 atom stereocenters. The fourth-order valence-electron chi connectivity index (χ4n) is 5.86. The first kappa shape index (κ1) is 22.0. The van der Waals surface area contributed by atoms with Gasteiger partial charge in [-0.15, -0.1) is 0 Å². The van der Waals surface area contributed by atoms with Gasteiger partial charge in [0.1, 0.15) is 0 Å². The zero-order valence-corrected chi connectivity index (χ0v) is 18.7. The highest BCUT2D eigenvalue weighted by Crippen LogP contribution is 2.71. The predicted molar refractivity (Wildman–Crippen MR) is 118 cm³/mol. The van der Waals surface area contributed by atoms with Crippen molar-refractivity contribution in [2.75, 3.05) is 11.9 Å². The summed E-state index contributed by atoms with van der Waals surface area (Å²) in [5.41, 5.74) is -0.146. The second kappa shape index (κ2) is 7.50. The van der Waals surface area contributed by atoms with Crippen LogP contribution in [0.15, 0.2) is 48.4 Å². The molecule has 4 aliphatic rings. The third kappa shape index (κ3) is 3.47. The van der Waals surface area contributed by atoms with Crippen molar-refractivity contribution in [1.82, 2.24) is 25.2 Å². The van der Waals surface area contributed by atoms with Crippen molar-refractivity contribution < 1.29 is 22.4 Å². The summed E-state index contributed by atoms with van der Waals surface area (Å²) < 4.78 is 53.0. The Bertz CT molecular complexity index is 1260. The van der Waals surface area contributed by atoms with Crippen molar-refractivity contribution in [2.24, 2.45) is 11.3 Å². The number of hydrogen-bond acceptors (Lipinski definition) is 6. The number of amides is 1. The summed E-state index contributed by atoms with van der Waals surface area (Å²) in [5.74, 6) is -0.683. The molecule has 7 nitrogen and oxygen atoms in total. The molecule has 2 aromatic heterocycles. The van der Waals surface area contributed by atoms with Crippen molar-refractivity contribution in [3.8, 4) is 0 Å². The van der Waals surface area contributed by atoms with E-state index < -0.39 is 17.6 Å². The van der Waals surface area contributed by atoms with Gasteiger partial charge >= 0.3 is 6.18 Å². The monoisotopic (exact) mass is 486 g/mol. The maximum Gasteiger partial charge on any atom is 0.417 e. The van der Waals surface area contributed by atoms with Gasteiger partial charge in [-0.25, -0.2) is 19.3 Å². The Labute approximate surface area is 198 Å². The molecule has 5 unspecified atom stereocenters. The third-order valence-corrected chi connectivity index (χ3v) is 7.57. The first-order valence-corrected chi connectivity index (χ1v) is 11.4. The maximum atomic E-state index is 14.4. The molecule has 2 aliphatic carbocycles. The molecule has 3 fully saturated rings. The molecule has 1 saturated heterocycles. The normalized spacial score (nSPS) is 30.8. The van der Waals surface area contributed by atoms with Crippen LogP contribution in [0.1, 0.15) is 31.2 Å². The highest BCUT2D eigenvalue weighted by Gasteiger charge is 2.75. The number of halogens is 4. The summed E-state index contributed by atoms with van der Waals surface area (Å²) in [7, 11) is 0. The molecule has 1 amide bonds. The molecule has 0 aromatic carbocycles. The molecule has 0 bridgehead atoms. The minimum absolute atomic E-state index is 0.00415. The van der Waals surface area contributed by atoms with Gasteiger partial charge in [-0.1, -0.05) is 6.08 Å². The number of hydrogen-bond donors (Lipinski definition) is 2. The molecule has 2 aromatic rings. The molecule has 2 aliphatic heterocycles. The van der Waals surface area contributed by atoms with Gasteiger partial charge < -0.3 is 15.5 Å². The van der Waals surface area contributed by atoms with Crippen molar-refractivity contribution in [3.05, 3.63) is 65.7 Å². The minimum Gasteiger partial charge on any atom is -0.375 e. The second-order valence-electron chi connectivity index (χ2n) is 9.70. The van der Waals surface area contributed by atoms with Crippen LogP contribution in [0, 0.1) is 17.2 Å². The summed E-state index contributed by atoms with van der Waals surface area (Å²) in [4.78, 5) is 27.8. The largest absolute Gasteiger partial charge is 0.417 e. The topological polar surface area (TPSA) is 83.0 Å². The van der Waals surface area contributed by atoms with Crippen LogP contribution in [-0.2, 0) is 11.0 Å². The average molecular weight is 486 g/mol. The van der Waals surface area contributed by atoms with Crippen LogP contribution in [0.25, 0.3) is 5.70 Å². The van der Waals surface area contributed by atoms with E-state index in [2.05, 4.69) is 25.6 Å². The molecule has 11 heteroatoms. The summed E-state index contributed by atoms with van der Waals surface area (Å²) in [6, 6.07) is 1.64. The lowest BCUT2D eigenvalue weighted by atomic mass is 9.71. The Hall–Kier alpha value is -3.50. The van der Waals surface area contributed by atoms with E-state index in [1.54, 1.807) is 29.4 Å². The number of carbonyl (C=O) groups excluding carboxylic acids is 1. The van der Waals surface area contributed by atoms with Gasteiger partial charge in [0.25, 0.3) is 5.91 Å². The highest BCUT2D eigenvalue weighted by atomic mass is 19.4. The van der Waals surface area contributed by atoms with Crippen LogP contribution in [0.4, 0.5) is 23.4 Å². The number of piperidine rings is 1.